The van der Waals surface area contributed by atoms with Crippen LogP contribution in [0.4, 0.5) is 0 Å². The normalized spacial score (nSPS) is 9.83. The van der Waals surface area contributed by atoms with Crippen molar-refractivity contribution in [1.82, 2.24) is 0 Å². The van der Waals surface area contributed by atoms with Gasteiger partial charge in [-0.15, -0.1) is 40.6 Å². The average molecular weight is 234 g/mol. The van der Waals surface area contributed by atoms with Gasteiger partial charge < -0.3 is 0 Å². The second-order valence-electron chi connectivity index (χ2n) is 3.04. The molecule has 2 aromatic rings. The fourth-order valence-corrected chi connectivity index (χ4v) is 1.52. The molecule has 0 amide bonds. The van der Waals surface area contributed by atoms with Crippen molar-refractivity contribution in [2.24, 2.45) is 0 Å². The molecule has 0 saturated heterocycles. The van der Waals surface area contributed by atoms with E-state index in [0.29, 0.717) is 0 Å². The first-order valence-corrected chi connectivity index (χ1v) is 3.90. The summed E-state index contributed by atoms with van der Waals surface area (Å²) in [6.45, 7) is 4.34. The van der Waals surface area contributed by atoms with Crippen LogP contribution in [-0.4, -0.2) is 0 Å². The van der Waals surface area contributed by atoms with Crippen LogP contribution in [0.2, 0.25) is 0 Å². The topological polar surface area (TPSA) is 0 Å². The van der Waals surface area contributed by atoms with Crippen molar-refractivity contribution in [3.8, 4) is 0 Å². The largest absolute Gasteiger partial charge is 0.154 e. The molecule has 0 atom stereocenters. The summed E-state index contributed by atoms with van der Waals surface area (Å²) in [4.78, 5) is 0. The number of benzene rings is 1. The van der Waals surface area contributed by atoms with E-state index in [2.05, 4.69) is 44.2 Å². The van der Waals surface area contributed by atoms with Crippen LogP contribution in [0.15, 0.2) is 30.3 Å². The summed E-state index contributed by atoms with van der Waals surface area (Å²) in [5.74, 6) is 0. The molecule has 12 heavy (non-hydrogen) atoms. The van der Waals surface area contributed by atoms with Gasteiger partial charge in [-0.3, -0.25) is 0 Å². The Morgan fingerprint density at radius 1 is 1.08 bits per heavy atom. The van der Waals surface area contributed by atoms with E-state index >= 15 is 0 Å². The van der Waals surface area contributed by atoms with Gasteiger partial charge in [-0.05, 0) is 0 Å². The Bertz CT molecular complexity index is 385. The third kappa shape index (κ3) is 1.43. The zero-order valence-corrected chi connectivity index (χ0v) is 9.84. The molecule has 0 aliphatic rings. The molecule has 0 fully saturated rings. The van der Waals surface area contributed by atoms with Crippen molar-refractivity contribution < 1.29 is 26.2 Å². The van der Waals surface area contributed by atoms with Gasteiger partial charge in [-0.25, -0.2) is 0 Å². The van der Waals surface area contributed by atoms with E-state index in [1.807, 2.05) is 0 Å². The van der Waals surface area contributed by atoms with E-state index < -0.39 is 0 Å². The molecule has 0 aliphatic carbocycles. The molecule has 2 aromatic carbocycles. The van der Waals surface area contributed by atoms with Gasteiger partial charge in [0.2, 0.25) is 0 Å². The van der Waals surface area contributed by atoms with Gasteiger partial charge in [-0.2, -0.15) is 5.56 Å². The predicted molar refractivity (Wildman–Crippen MR) is 49.0 cm³/mol. The van der Waals surface area contributed by atoms with Gasteiger partial charge in [0.15, 0.2) is 0 Å². The number of aryl methyl sites for hydroxylation is 2. The van der Waals surface area contributed by atoms with E-state index in [1.54, 1.807) is 0 Å². The maximum atomic E-state index is 2.24. The number of rotatable bonds is 0. The van der Waals surface area contributed by atoms with Gasteiger partial charge in [0.1, 0.15) is 0 Å². The Labute approximate surface area is 92.1 Å². The van der Waals surface area contributed by atoms with Crippen LogP contribution in [-0.2, 0) is 26.2 Å². The quantitative estimate of drug-likeness (QED) is 0.614. The molecule has 0 nitrogen and oxygen atoms in total. The maximum Gasteiger partial charge on any atom is 0 e. The van der Waals surface area contributed by atoms with E-state index in [-0.39, 0.29) is 26.2 Å². The molecule has 1 heteroatoms. The average Bonchev–Trinajstić information content (AvgIpc) is 2.30. The summed E-state index contributed by atoms with van der Waals surface area (Å²) in [5.41, 5.74) is 2.81. The standard InChI is InChI=1S/C11H11.Zr/c1-8-7-10-5-3-4-6-11(10)9(8)2;/h3-7H,1-2H3;/q-1;. The van der Waals surface area contributed by atoms with Crippen LogP contribution < -0.4 is 0 Å². The summed E-state index contributed by atoms with van der Waals surface area (Å²) in [7, 11) is 0. The maximum absolute atomic E-state index is 2.24. The van der Waals surface area contributed by atoms with Crippen molar-refractivity contribution in [3.63, 3.8) is 0 Å². The van der Waals surface area contributed by atoms with Crippen LogP contribution in [0.3, 0.4) is 0 Å². The summed E-state index contributed by atoms with van der Waals surface area (Å²) in [6, 6.07) is 10.8. The minimum Gasteiger partial charge on any atom is -0.154 e. The fourth-order valence-electron chi connectivity index (χ4n) is 1.52. The van der Waals surface area contributed by atoms with Crippen LogP contribution in [0, 0.1) is 13.8 Å². The monoisotopic (exact) mass is 233 g/mol. The van der Waals surface area contributed by atoms with Crippen molar-refractivity contribution in [2.45, 2.75) is 13.8 Å². The number of hydrogen-bond donors (Lipinski definition) is 0. The molecular weight excluding hydrogens is 223 g/mol. The Hall–Kier alpha value is -0.287. The van der Waals surface area contributed by atoms with Gasteiger partial charge in [-0.1, -0.05) is 19.9 Å². The van der Waals surface area contributed by atoms with E-state index in [1.165, 1.54) is 21.9 Å². The van der Waals surface area contributed by atoms with Crippen molar-refractivity contribution in [1.29, 1.82) is 0 Å². The molecule has 0 spiro atoms. The Morgan fingerprint density at radius 3 is 2.42 bits per heavy atom. The molecule has 0 saturated carbocycles. The first-order valence-electron chi connectivity index (χ1n) is 3.90. The van der Waals surface area contributed by atoms with Crippen molar-refractivity contribution >= 4 is 10.8 Å². The fraction of sp³-hybridized carbons (Fsp3) is 0.182. The van der Waals surface area contributed by atoms with Gasteiger partial charge in [0.05, 0.1) is 0 Å². The predicted octanol–water partition coefficient (Wildman–Crippen LogP) is 3.17. The van der Waals surface area contributed by atoms with Crippen molar-refractivity contribution in [2.75, 3.05) is 0 Å². The first-order chi connectivity index (χ1) is 5.29. The van der Waals surface area contributed by atoms with Crippen LogP contribution in [0.5, 0.6) is 0 Å². The van der Waals surface area contributed by atoms with Crippen LogP contribution in [0.1, 0.15) is 11.1 Å². The van der Waals surface area contributed by atoms with Gasteiger partial charge in [0.25, 0.3) is 0 Å². The Balaban J connectivity index is 0.000000720. The van der Waals surface area contributed by atoms with E-state index in [0.717, 1.165) is 0 Å². The minimum absolute atomic E-state index is 0. The molecule has 2 rings (SSSR count). The molecule has 0 unspecified atom stereocenters. The summed E-state index contributed by atoms with van der Waals surface area (Å²) in [5, 5.41) is 2.76. The third-order valence-electron chi connectivity index (χ3n) is 2.33. The molecular formula is C11H11Zr-. The Kier molecular flexibility index (Phi) is 2.95. The molecule has 0 aliphatic heterocycles. The third-order valence-corrected chi connectivity index (χ3v) is 2.33. The zero-order chi connectivity index (χ0) is 7.84. The van der Waals surface area contributed by atoms with Gasteiger partial charge in [0, 0.05) is 26.2 Å². The molecule has 0 N–H and O–H groups in total. The second kappa shape index (κ2) is 3.62. The van der Waals surface area contributed by atoms with Crippen LogP contribution >= 0.6 is 0 Å². The SMILES string of the molecule is Cc1[cH-]c2ccccc2c1C.[Zr]. The van der Waals surface area contributed by atoms with E-state index in [4.69, 9.17) is 0 Å². The summed E-state index contributed by atoms with van der Waals surface area (Å²) in [6.07, 6.45) is 0. The molecule has 0 aromatic heterocycles. The van der Waals surface area contributed by atoms with Crippen LogP contribution in [0.25, 0.3) is 10.8 Å². The second-order valence-corrected chi connectivity index (χ2v) is 3.04. The summed E-state index contributed by atoms with van der Waals surface area (Å²) < 4.78 is 0. The van der Waals surface area contributed by atoms with Crippen molar-refractivity contribution in [3.05, 3.63) is 41.5 Å². The molecule has 60 valence electrons. The van der Waals surface area contributed by atoms with Gasteiger partial charge >= 0.3 is 0 Å². The number of hydrogen-bond acceptors (Lipinski definition) is 0. The molecule has 0 radical (unpaired) electrons. The summed E-state index contributed by atoms with van der Waals surface area (Å²) >= 11 is 0. The Morgan fingerprint density at radius 2 is 1.75 bits per heavy atom. The smallest absolute Gasteiger partial charge is 0 e. The zero-order valence-electron chi connectivity index (χ0n) is 7.39. The molecule has 0 bridgehead atoms. The first kappa shape index (κ1) is 9.80. The number of fused-ring (bicyclic) bond motifs is 1. The minimum atomic E-state index is 0. The van der Waals surface area contributed by atoms with E-state index in [9.17, 15) is 0 Å². The molecule has 0 heterocycles.